The van der Waals surface area contributed by atoms with Crippen molar-refractivity contribution >= 4 is 35.1 Å². The first-order valence-corrected chi connectivity index (χ1v) is 8.33. The topological polar surface area (TPSA) is 58.3 Å². The van der Waals surface area contributed by atoms with E-state index in [0.29, 0.717) is 5.82 Å². The van der Waals surface area contributed by atoms with Gasteiger partial charge in [0, 0.05) is 38.1 Å². The molecule has 0 bridgehead atoms. The van der Waals surface area contributed by atoms with Crippen LogP contribution < -0.4 is 10.6 Å². The second kappa shape index (κ2) is 7.68. The number of nitrogens with zero attached hydrogens (tertiary/aromatic N) is 4. The van der Waals surface area contributed by atoms with Crippen LogP contribution in [0.5, 0.6) is 0 Å². The van der Waals surface area contributed by atoms with E-state index in [9.17, 15) is 0 Å². The van der Waals surface area contributed by atoms with Crippen LogP contribution in [-0.2, 0) is 6.54 Å². The highest BCUT2D eigenvalue weighted by molar-refractivity contribution is 5.88. The first-order valence-electron chi connectivity index (χ1n) is 8.33. The molecule has 0 saturated carbocycles. The molecule has 0 atom stereocenters. The van der Waals surface area contributed by atoms with Crippen LogP contribution in [0.1, 0.15) is 5.56 Å². The fraction of sp³-hybridized carbons (Fsp3) is 0.263. The van der Waals surface area contributed by atoms with Gasteiger partial charge in [0.25, 0.3) is 0 Å². The zero-order chi connectivity index (χ0) is 16.4. The van der Waals surface area contributed by atoms with Gasteiger partial charge >= 0.3 is 0 Å². The minimum absolute atomic E-state index is 0. The van der Waals surface area contributed by atoms with Crippen molar-refractivity contribution in [3.63, 3.8) is 0 Å². The Labute approximate surface area is 153 Å². The Bertz CT molecular complexity index is 832. The van der Waals surface area contributed by atoms with Gasteiger partial charge in [0.1, 0.15) is 5.82 Å². The quantitative estimate of drug-likeness (QED) is 0.782. The van der Waals surface area contributed by atoms with Crippen LogP contribution in [0, 0.1) is 0 Å². The average Bonchev–Trinajstić information content (AvgIpc) is 2.63. The number of halogens is 1. The molecule has 4 rings (SSSR count). The van der Waals surface area contributed by atoms with E-state index < -0.39 is 0 Å². The molecular weight excluding hydrogens is 334 g/mol. The molecule has 1 aromatic heterocycles. The predicted molar refractivity (Wildman–Crippen MR) is 105 cm³/mol. The van der Waals surface area contributed by atoms with Gasteiger partial charge in [-0.05, 0) is 17.7 Å². The van der Waals surface area contributed by atoms with E-state index in [1.165, 1.54) is 5.56 Å². The predicted octanol–water partition coefficient (Wildman–Crippen LogP) is 2.96. The second-order valence-corrected chi connectivity index (χ2v) is 6.17. The van der Waals surface area contributed by atoms with Crippen LogP contribution in [0.2, 0.25) is 0 Å². The van der Waals surface area contributed by atoms with Gasteiger partial charge in [-0.15, -0.1) is 12.4 Å². The molecule has 2 N–H and O–H groups in total. The lowest BCUT2D eigenvalue weighted by atomic mass is 10.2. The van der Waals surface area contributed by atoms with Gasteiger partial charge in [-0.3, -0.25) is 4.90 Å². The maximum atomic E-state index is 6.10. The number of rotatable bonds is 3. The first-order chi connectivity index (χ1) is 11.8. The molecular formula is C19H22ClN5. The minimum atomic E-state index is 0. The van der Waals surface area contributed by atoms with Crippen molar-refractivity contribution in [3.05, 3.63) is 60.2 Å². The van der Waals surface area contributed by atoms with Crippen molar-refractivity contribution in [3.8, 4) is 0 Å². The molecule has 2 aromatic carbocycles. The molecule has 25 heavy (non-hydrogen) atoms. The molecule has 0 unspecified atom stereocenters. The fourth-order valence-corrected chi connectivity index (χ4v) is 3.18. The van der Waals surface area contributed by atoms with E-state index >= 15 is 0 Å². The smallest absolute Gasteiger partial charge is 0.227 e. The normalized spacial score (nSPS) is 15.1. The highest BCUT2D eigenvalue weighted by atomic mass is 35.5. The standard InChI is InChI=1S/C19H21N5.ClH/c20-18-16-8-4-5-9-17(16)21-19(22-18)24-12-10-23(11-13-24)14-15-6-2-1-3-7-15;/h1-9H,10-14H2,(H2,20,21,22);1H. The van der Waals surface area contributed by atoms with Crippen LogP contribution in [0.15, 0.2) is 54.6 Å². The molecule has 2 heterocycles. The van der Waals surface area contributed by atoms with Crippen LogP contribution in [0.4, 0.5) is 11.8 Å². The van der Waals surface area contributed by atoms with E-state index in [1.807, 2.05) is 24.3 Å². The van der Waals surface area contributed by atoms with Gasteiger partial charge < -0.3 is 10.6 Å². The third-order valence-electron chi connectivity index (χ3n) is 4.53. The fourth-order valence-electron chi connectivity index (χ4n) is 3.18. The van der Waals surface area contributed by atoms with Crippen molar-refractivity contribution < 1.29 is 0 Å². The Kier molecular flexibility index (Phi) is 5.36. The molecule has 1 aliphatic rings. The highest BCUT2D eigenvalue weighted by Gasteiger charge is 2.20. The van der Waals surface area contributed by atoms with E-state index in [-0.39, 0.29) is 12.4 Å². The van der Waals surface area contributed by atoms with Crippen LogP contribution in [0.25, 0.3) is 10.9 Å². The zero-order valence-electron chi connectivity index (χ0n) is 14.0. The largest absolute Gasteiger partial charge is 0.383 e. The van der Waals surface area contributed by atoms with Gasteiger partial charge in [0.2, 0.25) is 5.95 Å². The summed E-state index contributed by atoms with van der Waals surface area (Å²) in [5.74, 6) is 1.30. The van der Waals surface area contributed by atoms with E-state index in [0.717, 1.165) is 49.6 Å². The maximum Gasteiger partial charge on any atom is 0.227 e. The number of hydrogen-bond acceptors (Lipinski definition) is 5. The maximum absolute atomic E-state index is 6.10. The Morgan fingerprint density at radius 1 is 0.840 bits per heavy atom. The van der Waals surface area contributed by atoms with Crippen LogP contribution in [-0.4, -0.2) is 41.0 Å². The first kappa shape index (κ1) is 17.5. The lowest BCUT2D eigenvalue weighted by Crippen LogP contribution is -2.46. The van der Waals surface area contributed by atoms with Gasteiger partial charge in [-0.25, -0.2) is 4.98 Å². The summed E-state index contributed by atoms with van der Waals surface area (Å²) in [7, 11) is 0. The third-order valence-corrected chi connectivity index (χ3v) is 4.53. The van der Waals surface area contributed by atoms with Crippen molar-refractivity contribution in [2.75, 3.05) is 36.8 Å². The summed E-state index contributed by atoms with van der Waals surface area (Å²) in [6, 6.07) is 18.5. The zero-order valence-corrected chi connectivity index (χ0v) is 14.8. The number of fused-ring (bicyclic) bond motifs is 1. The second-order valence-electron chi connectivity index (χ2n) is 6.17. The molecule has 0 spiro atoms. The van der Waals surface area contributed by atoms with Gasteiger partial charge in [-0.1, -0.05) is 42.5 Å². The third kappa shape index (κ3) is 3.83. The van der Waals surface area contributed by atoms with Crippen LogP contribution >= 0.6 is 12.4 Å². The van der Waals surface area contributed by atoms with Crippen molar-refractivity contribution in [1.29, 1.82) is 0 Å². The van der Waals surface area contributed by atoms with E-state index in [2.05, 4.69) is 50.1 Å². The molecule has 0 amide bonds. The molecule has 6 heteroatoms. The summed E-state index contributed by atoms with van der Waals surface area (Å²) < 4.78 is 0. The Balaban J connectivity index is 0.00000182. The Hall–Kier alpha value is -2.37. The Morgan fingerprint density at radius 2 is 1.52 bits per heavy atom. The molecule has 1 aliphatic heterocycles. The number of nitrogens with two attached hydrogens (primary N) is 1. The lowest BCUT2D eigenvalue weighted by Gasteiger charge is -2.34. The number of aromatic nitrogens is 2. The summed E-state index contributed by atoms with van der Waals surface area (Å²) in [6.07, 6.45) is 0. The summed E-state index contributed by atoms with van der Waals surface area (Å²) in [5, 5.41) is 0.920. The number of hydrogen-bond donors (Lipinski definition) is 1. The number of nitrogen functional groups attached to an aromatic ring is 1. The van der Waals surface area contributed by atoms with E-state index in [4.69, 9.17) is 5.73 Å². The van der Waals surface area contributed by atoms with Crippen LogP contribution in [0.3, 0.4) is 0 Å². The van der Waals surface area contributed by atoms with E-state index in [1.54, 1.807) is 0 Å². The number of para-hydroxylation sites is 1. The number of anilines is 2. The number of piperazine rings is 1. The molecule has 1 fully saturated rings. The highest BCUT2D eigenvalue weighted by Crippen LogP contribution is 2.22. The monoisotopic (exact) mass is 355 g/mol. The minimum Gasteiger partial charge on any atom is -0.383 e. The molecule has 130 valence electrons. The Morgan fingerprint density at radius 3 is 2.28 bits per heavy atom. The SMILES string of the molecule is Cl.Nc1nc(N2CCN(Cc3ccccc3)CC2)nc2ccccc12. The summed E-state index contributed by atoms with van der Waals surface area (Å²) in [5.41, 5.74) is 8.37. The average molecular weight is 356 g/mol. The lowest BCUT2D eigenvalue weighted by molar-refractivity contribution is 0.249. The molecule has 5 nitrogen and oxygen atoms in total. The van der Waals surface area contributed by atoms with Gasteiger partial charge in [0.15, 0.2) is 0 Å². The molecule has 0 radical (unpaired) electrons. The van der Waals surface area contributed by atoms with Crippen molar-refractivity contribution in [2.24, 2.45) is 0 Å². The molecule has 0 aliphatic carbocycles. The number of benzene rings is 2. The van der Waals surface area contributed by atoms with Crippen molar-refractivity contribution in [2.45, 2.75) is 6.54 Å². The van der Waals surface area contributed by atoms with Gasteiger partial charge in [-0.2, -0.15) is 4.98 Å². The summed E-state index contributed by atoms with van der Waals surface area (Å²) >= 11 is 0. The summed E-state index contributed by atoms with van der Waals surface area (Å²) in [4.78, 5) is 13.9. The van der Waals surface area contributed by atoms with Crippen molar-refractivity contribution in [1.82, 2.24) is 14.9 Å². The van der Waals surface area contributed by atoms with Gasteiger partial charge in [0.05, 0.1) is 5.52 Å². The molecule has 3 aromatic rings. The summed E-state index contributed by atoms with van der Waals surface area (Å²) in [6.45, 7) is 4.85. The molecule has 1 saturated heterocycles.